The molecule has 0 aromatic rings. The Hall–Kier alpha value is -3.10. The number of carbonyl (C=O) groups is 1. The van der Waals surface area contributed by atoms with Gasteiger partial charge in [0.1, 0.15) is 19.3 Å². The van der Waals surface area contributed by atoms with Gasteiger partial charge in [-0.2, -0.15) is 0 Å². The highest BCUT2D eigenvalue weighted by Crippen LogP contribution is 2.38. The van der Waals surface area contributed by atoms with Crippen molar-refractivity contribution in [2.75, 3.05) is 54.1 Å². The third kappa shape index (κ3) is 49.8. The highest BCUT2D eigenvalue weighted by molar-refractivity contribution is 7.45. The van der Waals surface area contributed by atoms with E-state index in [0.29, 0.717) is 24.1 Å². The molecule has 0 fully saturated rings. The molecule has 0 aliphatic rings. The molecule has 0 saturated carbocycles. The average Bonchev–Trinajstić information content (AvgIpc) is 3.24. The summed E-state index contributed by atoms with van der Waals surface area (Å²) in [5.74, 6) is -0.400. The Labute approximate surface area is 386 Å². The minimum absolute atomic E-state index is 0.00595. The molecule has 0 amide bonds. The molecule has 2 unspecified atom stereocenters. The molecule has 0 saturated heterocycles. The molecule has 63 heavy (non-hydrogen) atoms. The highest BCUT2D eigenvalue weighted by Gasteiger charge is 2.20. The summed E-state index contributed by atoms with van der Waals surface area (Å²) in [6.07, 6.45) is 65.1. The summed E-state index contributed by atoms with van der Waals surface area (Å²) in [7, 11) is 1.29. The predicted molar refractivity (Wildman–Crippen MR) is 267 cm³/mol. The van der Waals surface area contributed by atoms with Gasteiger partial charge in [-0.1, -0.05) is 174 Å². The molecule has 358 valence electrons. The topological polar surface area (TPSA) is 94.1 Å². The minimum atomic E-state index is -4.56. The van der Waals surface area contributed by atoms with E-state index in [-0.39, 0.29) is 26.2 Å². The van der Waals surface area contributed by atoms with Gasteiger partial charge in [-0.05, 0) is 96.3 Å². The first kappa shape index (κ1) is 59.9. The van der Waals surface area contributed by atoms with Crippen molar-refractivity contribution in [2.45, 2.75) is 161 Å². The zero-order valence-electron chi connectivity index (χ0n) is 40.5. The quantitative estimate of drug-likeness (QED) is 0.0198. The van der Waals surface area contributed by atoms with E-state index in [4.69, 9.17) is 18.5 Å². The van der Waals surface area contributed by atoms with Crippen molar-refractivity contribution in [1.29, 1.82) is 0 Å². The summed E-state index contributed by atoms with van der Waals surface area (Å²) in [4.78, 5) is 25.1. The maximum atomic E-state index is 12.7. The van der Waals surface area contributed by atoms with Crippen LogP contribution in [0.2, 0.25) is 0 Å². The number of rotatable bonds is 43. The zero-order chi connectivity index (χ0) is 46.2. The number of likely N-dealkylation sites (N-methyl/N-ethyl adjacent to an activating group) is 1. The Kier molecular flexibility index (Phi) is 43.2. The van der Waals surface area contributed by atoms with Crippen molar-refractivity contribution in [3.63, 3.8) is 0 Å². The first-order valence-electron chi connectivity index (χ1n) is 24.3. The van der Waals surface area contributed by atoms with Gasteiger partial charge < -0.3 is 27.9 Å². The molecule has 2 atom stereocenters. The lowest BCUT2D eigenvalue weighted by Crippen LogP contribution is -2.37. The van der Waals surface area contributed by atoms with Gasteiger partial charge in [-0.3, -0.25) is 9.36 Å². The van der Waals surface area contributed by atoms with E-state index in [2.05, 4.69) is 135 Å². The Bertz CT molecular complexity index is 1410. The number of esters is 1. The second-order valence-corrected chi connectivity index (χ2v) is 18.1. The fraction of sp³-hybridized carbons (Fsp3) is 0.611. The van der Waals surface area contributed by atoms with Gasteiger partial charge in [0.25, 0.3) is 7.82 Å². The van der Waals surface area contributed by atoms with Crippen LogP contribution in [-0.2, 0) is 27.9 Å². The molecule has 0 N–H and O–H groups in total. The van der Waals surface area contributed by atoms with Gasteiger partial charge in [0.2, 0.25) is 0 Å². The molecule has 0 spiro atoms. The molecule has 0 aliphatic carbocycles. The number of ether oxygens (including phenoxy) is 2. The van der Waals surface area contributed by atoms with Gasteiger partial charge in [0, 0.05) is 13.0 Å². The number of unbranched alkanes of at least 4 members (excludes halogenated alkanes) is 9. The Morgan fingerprint density at radius 3 is 1.30 bits per heavy atom. The first-order chi connectivity index (χ1) is 30.6. The Balaban J connectivity index is 4.34. The molecule has 0 radical (unpaired) electrons. The van der Waals surface area contributed by atoms with E-state index in [1.165, 1.54) is 32.1 Å². The summed E-state index contributed by atoms with van der Waals surface area (Å²) < 4.78 is 34.6. The van der Waals surface area contributed by atoms with Gasteiger partial charge >= 0.3 is 5.97 Å². The van der Waals surface area contributed by atoms with Crippen molar-refractivity contribution in [3.8, 4) is 0 Å². The first-order valence-corrected chi connectivity index (χ1v) is 25.7. The van der Waals surface area contributed by atoms with Crippen LogP contribution in [0.5, 0.6) is 0 Å². The lowest BCUT2D eigenvalue weighted by molar-refractivity contribution is -0.870. The summed E-state index contributed by atoms with van der Waals surface area (Å²) in [5.41, 5.74) is 0. The summed E-state index contributed by atoms with van der Waals surface area (Å²) in [6, 6.07) is 0. The van der Waals surface area contributed by atoms with Crippen LogP contribution in [0.3, 0.4) is 0 Å². The number of allylic oxidation sites excluding steroid dienone is 20. The number of hydrogen-bond donors (Lipinski definition) is 0. The lowest BCUT2D eigenvalue weighted by Gasteiger charge is -2.28. The number of quaternary nitrogens is 1. The molecule has 8 nitrogen and oxygen atoms in total. The fourth-order valence-electron chi connectivity index (χ4n) is 5.84. The number of carbonyl (C=O) groups excluding carboxylic acids is 1. The van der Waals surface area contributed by atoms with E-state index in [1.807, 2.05) is 21.1 Å². The van der Waals surface area contributed by atoms with Crippen molar-refractivity contribution >= 4 is 13.8 Å². The molecule has 0 aromatic carbocycles. The van der Waals surface area contributed by atoms with Gasteiger partial charge in [-0.15, -0.1) is 0 Å². The average molecular weight is 896 g/mol. The minimum Gasteiger partial charge on any atom is -0.756 e. The van der Waals surface area contributed by atoms with E-state index < -0.39 is 19.9 Å². The van der Waals surface area contributed by atoms with Crippen molar-refractivity contribution < 1.29 is 37.3 Å². The normalized spacial score (nSPS) is 14.7. The predicted octanol–water partition coefficient (Wildman–Crippen LogP) is 14.3. The van der Waals surface area contributed by atoms with Gasteiger partial charge in [-0.25, -0.2) is 0 Å². The van der Waals surface area contributed by atoms with Crippen LogP contribution >= 0.6 is 7.82 Å². The van der Waals surface area contributed by atoms with Gasteiger partial charge in [0.05, 0.1) is 34.4 Å². The van der Waals surface area contributed by atoms with E-state index in [9.17, 15) is 14.3 Å². The summed E-state index contributed by atoms with van der Waals surface area (Å²) in [5, 5.41) is 0. The molecular formula is C54H90NO7P. The van der Waals surface area contributed by atoms with E-state index in [1.54, 1.807) is 0 Å². The van der Waals surface area contributed by atoms with Crippen LogP contribution in [-0.4, -0.2) is 70.7 Å². The molecule has 0 aliphatic heterocycles. The Morgan fingerprint density at radius 2 is 0.873 bits per heavy atom. The smallest absolute Gasteiger partial charge is 0.306 e. The van der Waals surface area contributed by atoms with Gasteiger partial charge in [0.15, 0.2) is 0 Å². The number of nitrogens with zero attached hydrogens (tertiary/aromatic N) is 1. The van der Waals surface area contributed by atoms with Crippen molar-refractivity contribution in [1.82, 2.24) is 0 Å². The van der Waals surface area contributed by atoms with Crippen LogP contribution in [0.25, 0.3) is 0 Å². The molecular weight excluding hydrogens is 806 g/mol. The van der Waals surface area contributed by atoms with Crippen LogP contribution in [0.15, 0.2) is 122 Å². The molecule has 0 rings (SSSR count). The lowest BCUT2D eigenvalue weighted by atomic mass is 10.1. The SMILES string of the molecule is CC/C=C\C/C=C\C/C=C\C/C=C\C/C=C\C/C=C\C/C=C\CCCC(=O)OC(COCCCCCCCCCC/C=C\C/C=C\C/C=C\CC)COP(=O)([O-])OCC[N+](C)(C)C. The maximum absolute atomic E-state index is 12.7. The molecule has 0 bridgehead atoms. The highest BCUT2D eigenvalue weighted by atomic mass is 31.2. The number of phosphoric ester groups is 1. The zero-order valence-corrected chi connectivity index (χ0v) is 41.4. The largest absolute Gasteiger partial charge is 0.756 e. The van der Waals surface area contributed by atoms with Crippen LogP contribution < -0.4 is 4.89 Å². The second-order valence-electron chi connectivity index (χ2n) is 16.7. The summed E-state index contributed by atoms with van der Waals surface area (Å²) >= 11 is 0. The third-order valence-electron chi connectivity index (χ3n) is 9.51. The molecule has 0 heterocycles. The van der Waals surface area contributed by atoms with Crippen LogP contribution in [0.1, 0.15) is 155 Å². The number of hydrogen-bond acceptors (Lipinski definition) is 7. The van der Waals surface area contributed by atoms with Crippen molar-refractivity contribution in [3.05, 3.63) is 122 Å². The fourth-order valence-corrected chi connectivity index (χ4v) is 6.57. The van der Waals surface area contributed by atoms with E-state index >= 15 is 0 Å². The Morgan fingerprint density at radius 1 is 0.492 bits per heavy atom. The standard InChI is InChI=1S/C54H90NO7P/c1-6-8-10-12-14-16-18-20-22-24-26-27-28-29-30-31-33-35-37-39-41-43-45-47-54(56)62-53(52-61-63(57,58)60-50-48-55(3,4)5)51-59-49-46-44-42-40-38-36-34-32-25-23-21-19-17-15-13-11-9-7-2/h8-11,14-17,20-23,26-27,29-30,33,35,39,41,53H,6-7,12-13,18-19,24-25,28,31-32,34,36-38,40,42-52H2,1-5H3/b10-8-,11-9-,16-14-,17-15-,22-20-,23-21-,27-26-,30-29-,35-33-,41-39-. The number of phosphoric acid groups is 1. The maximum Gasteiger partial charge on any atom is 0.306 e. The summed E-state index contributed by atoms with van der Waals surface area (Å²) in [6.45, 7) is 5.06. The third-order valence-corrected chi connectivity index (χ3v) is 10.5. The monoisotopic (exact) mass is 896 g/mol. The molecule has 0 aromatic heterocycles. The van der Waals surface area contributed by atoms with Crippen molar-refractivity contribution in [2.24, 2.45) is 0 Å². The second kappa shape index (κ2) is 45.5. The van der Waals surface area contributed by atoms with Crippen LogP contribution in [0, 0.1) is 0 Å². The molecule has 9 heteroatoms. The van der Waals surface area contributed by atoms with E-state index in [0.717, 1.165) is 96.3 Å². The van der Waals surface area contributed by atoms with Crippen LogP contribution in [0.4, 0.5) is 0 Å².